The van der Waals surface area contributed by atoms with Crippen LogP contribution in [0.15, 0.2) is 64.2 Å². The van der Waals surface area contributed by atoms with Crippen LogP contribution in [0.3, 0.4) is 0 Å². The standard InChI is InChI=1S/C27H34N4O2.HI/c1-19-6-10-21(11-7-19)25-23(5-4-16-32-25)17-30-27(28-3)29-15-14-24-18-33-26(31-24)22-12-8-20(2)9-13-22;/h6-13,18,23,25H,4-5,14-17H2,1-3H3,(H2,28,29,30);1H. The summed E-state index contributed by atoms with van der Waals surface area (Å²) in [7, 11) is 1.80. The Morgan fingerprint density at radius 2 is 1.74 bits per heavy atom. The summed E-state index contributed by atoms with van der Waals surface area (Å²) in [6.45, 7) is 6.55. The van der Waals surface area contributed by atoms with Gasteiger partial charge in [0.1, 0.15) is 6.26 Å². The zero-order valence-corrected chi connectivity index (χ0v) is 22.5. The Morgan fingerprint density at radius 3 is 2.44 bits per heavy atom. The van der Waals surface area contributed by atoms with E-state index in [1.54, 1.807) is 13.3 Å². The van der Waals surface area contributed by atoms with Crippen molar-refractivity contribution in [3.05, 3.63) is 77.2 Å². The van der Waals surface area contributed by atoms with Gasteiger partial charge in [-0.05, 0) is 44.4 Å². The molecule has 1 aromatic heterocycles. The fourth-order valence-electron chi connectivity index (χ4n) is 4.18. The number of halogens is 1. The van der Waals surface area contributed by atoms with Gasteiger partial charge in [-0.2, -0.15) is 0 Å². The summed E-state index contributed by atoms with van der Waals surface area (Å²) in [5.74, 6) is 1.87. The maximum Gasteiger partial charge on any atom is 0.226 e. The third-order valence-corrected chi connectivity index (χ3v) is 6.13. The molecule has 2 N–H and O–H groups in total. The first kappa shape index (κ1) is 26.2. The van der Waals surface area contributed by atoms with E-state index < -0.39 is 0 Å². The number of rotatable bonds is 7. The minimum atomic E-state index is 0. The quantitative estimate of drug-likeness (QED) is 0.223. The van der Waals surface area contributed by atoms with E-state index in [9.17, 15) is 0 Å². The number of oxazole rings is 1. The van der Waals surface area contributed by atoms with Gasteiger partial charge >= 0.3 is 0 Å². The van der Waals surface area contributed by atoms with Gasteiger partial charge < -0.3 is 19.8 Å². The summed E-state index contributed by atoms with van der Waals surface area (Å²) in [5, 5.41) is 6.88. The highest BCUT2D eigenvalue weighted by Crippen LogP contribution is 2.33. The van der Waals surface area contributed by atoms with E-state index in [0.717, 1.165) is 56.2 Å². The molecule has 0 aliphatic carbocycles. The van der Waals surface area contributed by atoms with Gasteiger partial charge in [-0.3, -0.25) is 4.99 Å². The lowest BCUT2D eigenvalue weighted by Crippen LogP contribution is -2.42. The molecule has 0 spiro atoms. The Bertz CT molecular complexity index is 1050. The predicted molar refractivity (Wildman–Crippen MR) is 148 cm³/mol. The summed E-state index contributed by atoms with van der Waals surface area (Å²) in [5.41, 5.74) is 5.67. The Morgan fingerprint density at radius 1 is 1.03 bits per heavy atom. The van der Waals surface area contributed by atoms with Crippen LogP contribution >= 0.6 is 24.0 Å². The number of hydrogen-bond donors (Lipinski definition) is 2. The second-order valence-electron chi connectivity index (χ2n) is 8.74. The number of hydrogen-bond acceptors (Lipinski definition) is 4. The Kier molecular flexibility index (Phi) is 9.95. The lowest BCUT2D eigenvalue weighted by Gasteiger charge is -2.32. The molecule has 4 rings (SSSR count). The van der Waals surface area contributed by atoms with Gasteiger partial charge in [-0.15, -0.1) is 24.0 Å². The van der Waals surface area contributed by atoms with Crippen molar-refractivity contribution in [1.82, 2.24) is 15.6 Å². The lowest BCUT2D eigenvalue weighted by atomic mass is 9.89. The highest BCUT2D eigenvalue weighted by molar-refractivity contribution is 14.0. The van der Waals surface area contributed by atoms with Gasteiger partial charge in [0.2, 0.25) is 5.89 Å². The second kappa shape index (κ2) is 12.9. The molecular formula is C27H35IN4O2. The molecule has 0 saturated carbocycles. The zero-order chi connectivity index (χ0) is 23.0. The van der Waals surface area contributed by atoms with Crippen molar-refractivity contribution < 1.29 is 9.15 Å². The SMILES string of the molecule is CN=C(NCCc1coc(-c2ccc(C)cc2)n1)NCC1CCCOC1c1ccc(C)cc1.I. The molecule has 2 atom stereocenters. The summed E-state index contributed by atoms with van der Waals surface area (Å²) in [6, 6.07) is 16.9. The summed E-state index contributed by atoms with van der Waals surface area (Å²) < 4.78 is 11.8. The van der Waals surface area contributed by atoms with Gasteiger partial charge in [0.05, 0.1) is 11.8 Å². The average molecular weight is 575 g/mol. The number of aromatic nitrogens is 1. The number of aryl methyl sites for hydroxylation is 2. The molecule has 3 aromatic rings. The van der Waals surface area contributed by atoms with E-state index in [4.69, 9.17) is 9.15 Å². The highest BCUT2D eigenvalue weighted by atomic mass is 127. The van der Waals surface area contributed by atoms with Crippen molar-refractivity contribution in [2.75, 3.05) is 26.7 Å². The molecular weight excluding hydrogens is 539 g/mol. The number of nitrogens with zero attached hydrogens (tertiary/aromatic N) is 2. The molecule has 1 aliphatic heterocycles. The molecule has 1 fully saturated rings. The molecule has 6 nitrogen and oxygen atoms in total. The van der Waals surface area contributed by atoms with Gasteiger partial charge in [0.15, 0.2) is 5.96 Å². The van der Waals surface area contributed by atoms with Crippen LogP contribution in [0.1, 0.15) is 41.3 Å². The largest absolute Gasteiger partial charge is 0.444 e. The first-order valence-electron chi connectivity index (χ1n) is 11.8. The smallest absolute Gasteiger partial charge is 0.226 e. The van der Waals surface area contributed by atoms with Crippen molar-refractivity contribution in [1.29, 1.82) is 0 Å². The third-order valence-electron chi connectivity index (χ3n) is 6.13. The van der Waals surface area contributed by atoms with Crippen LogP contribution in [0.2, 0.25) is 0 Å². The maximum absolute atomic E-state index is 6.15. The number of nitrogens with one attached hydrogen (secondary N) is 2. The molecule has 2 heterocycles. The first-order chi connectivity index (χ1) is 16.1. The molecule has 34 heavy (non-hydrogen) atoms. The van der Waals surface area contributed by atoms with Crippen molar-refractivity contribution in [3.8, 4) is 11.5 Å². The number of guanidine groups is 1. The van der Waals surface area contributed by atoms with Crippen LogP contribution in [-0.4, -0.2) is 37.7 Å². The van der Waals surface area contributed by atoms with E-state index in [2.05, 4.69) is 70.9 Å². The predicted octanol–water partition coefficient (Wildman–Crippen LogP) is 5.45. The van der Waals surface area contributed by atoms with Crippen LogP contribution in [0.5, 0.6) is 0 Å². The minimum absolute atomic E-state index is 0. The highest BCUT2D eigenvalue weighted by Gasteiger charge is 2.27. The molecule has 0 amide bonds. The Balaban J connectivity index is 0.00000324. The molecule has 0 radical (unpaired) electrons. The topological polar surface area (TPSA) is 71.7 Å². The normalized spacial score (nSPS) is 18.3. The van der Waals surface area contributed by atoms with E-state index in [-0.39, 0.29) is 30.1 Å². The molecule has 1 saturated heterocycles. The average Bonchev–Trinajstić information content (AvgIpc) is 3.31. The van der Waals surface area contributed by atoms with Crippen LogP contribution < -0.4 is 10.6 Å². The maximum atomic E-state index is 6.15. The summed E-state index contributed by atoms with van der Waals surface area (Å²) in [6.07, 6.45) is 4.85. The second-order valence-corrected chi connectivity index (χ2v) is 8.74. The van der Waals surface area contributed by atoms with Crippen molar-refractivity contribution >= 4 is 29.9 Å². The zero-order valence-electron chi connectivity index (χ0n) is 20.2. The third kappa shape index (κ3) is 7.06. The van der Waals surface area contributed by atoms with Gasteiger partial charge in [-0.1, -0.05) is 47.5 Å². The van der Waals surface area contributed by atoms with Crippen molar-refractivity contribution in [2.45, 2.75) is 39.2 Å². The van der Waals surface area contributed by atoms with E-state index in [1.807, 2.05) is 12.1 Å². The molecule has 2 aromatic carbocycles. The molecule has 182 valence electrons. The van der Waals surface area contributed by atoms with Gasteiger partial charge in [0.25, 0.3) is 0 Å². The first-order valence-corrected chi connectivity index (χ1v) is 11.8. The monoisotopic (exact) mass is 574 g/mol. The minimum Gasteiger partial charge on any atom is -0.444 e. The Labute approximate surface area is 219 Å². The molecule has 2 unspecified atom stereocenters. The number of ether oxygens (including phenoxy) is 1. The summed E-state index contributed by atoms with van der Waals surface area (Å²) >= 11 is 0. The van der Waals surface area contributed by atoms with E-state index in [1.165, 1.54) is 16.7 Å². The van der Waals surface area contributed by atoms with E-state index >= 15 is 0 Å². The fourth-order valence-corrected chi connectivity index (χ4v) is 4.18. The van der Waals surface area contributed by atoms with Crippen molar-refractivity contribution in [2.24, 2.45) is 10.9 Å². The van der Waals surface area contributed by atoms with Crippen molar-refractivity contribution in [3.63, 3.8) is 0 Å². The number of benzene rings is 2. The summed E-state index contributed by atoms with van der Waals surface area (Å²) in [4.78, 5) is 9.00. The molecule has 0 bridgehead atoms. The van der Waals surface area contributed by atoms with Crippen LogP contribution in [0, 0.1) is 19.8 Å². The number of aliphatic imine (C=N–C) groups is 1. The van der Waals surface area contributed by atoms with Gasteiger partial charge in [0, 0.05) is 44.6 Å². The lowest BCUT2D eigenvalue weighted by molar-refractivity contribution is -0.0265. The van der Waals surface area contributed by atoms with Crippen LogP contribution in [-0.2, 0) is 11.2 Å². The molecule has 7 heteroatoms. The van der Waals surface area contributed by atoms with E-state index in [0.29, 0.717) is 11.8 Å². The van der Waals surface area contributed by atoms with Crippen LogP contribution in [0.4, 0.5) is 0 Å². The van der Waals surface area contributed by atoms with Gasteiger partial charge in [-0.25, -0.2) is 4.98 Å². The Hall–Kier alpha value is -2.39. The fraction of sp³-hybridized carbons (Fsp3) is 0.407. The van der Waals surface area contributed by atoms with Crippen LogP contribution in [0.25, 0.3) is 11.5 Å². The molecule has 1 aliphatic rings.